The maximum Gasteiger partial charge on any atom is 0.248 e. The van der Waals surface area contributed by atoms with E-state index < -0.39 is 6.04 Å². The lowest BCUT2D eigenvalue weighted by atomic mass is 10.0. The molecule has 25 heavy (non-hydrogen) atoms. The second-order valence-electron chi connectivity index (χ2n) is 7.79. The summed E-state index contributed by atoms with van der Waals surface area (Å²) in [5.74, 6) is 1.18. The standard InChI is InChI=1S/C18H31N5O2/c1-12(2)9-15(18(25)21-16-5-7-19-22-16)20-17(24)14-6-8-23(11-14)10-13(3)4/h5,7,12-15H,6,8-11H2,1-4H3,(H,20,24)(H2,19,21,22,25). The second-order valence-corrected chi connectivity index (χ2v) is 7.79. The maximum atomic E-state index is 12.6. The van der Waals surface area contributed by atoms with E-state index >= 15 is 0 Å². The number of hydrogen-bond acceptors (Lipinski definition) is 4. The highest BCUT2D eigenvalue weighted by atomic mass is 16.2. The van der Waals surface area contributed by atoms with E-state index in [1.165, 1.54) is 0 Å². The van der Waals surface area contributed by atoms with Gasteiger partial charge >= 0.3 is 0 Å². The highest BCUT2D eigenvalue weighted by molar-refractivity contribution is 5.96. The molecule has 3 N–H and O–H groups in total. The fourth-order valence-electron chi connectivity index (χ4n) is 3.27. The Labute approximate surface area is 149 Å². The number of H-pyrrole nitrogens is 1. The Morgan fingerprint density at radius 1 is 1.32 bits per heavy atom. The molecule has 0 aromatic carbocycles. The molecule has 1 aliphatic rings. The Kier molecular flexibility index (Phi) is 6.99. The number of carbonyl (C=O) groups is 2. The SMILES string of the molecule is CC(C)CC(NC(=O)C1CCN(CC(C)C)C1)C(=O)Nc1ccn[nH]1. The van der Waals surface area contributed by atoms with Gasteiger partial charge in [-0.25, -0.2) is 0 Å². The van der Waals surface area contributed by atoms with Gasteiger partial charge in [0.1, 0.15) is 11.9 Å². The first-order chi connectivity index (χ1) is 11.8. The summed E-state index contributed by atoms with van der Waals surface area (Å²) < 4.78 is 0. The van der Waals surface area contributed by atoms with Gasteiger partial charge in [0.25, 0.3) is 0 Å². The van der Waals surface area contributed by atoms with Gasteiger partial charge < -0.3 is 15.5 Å². The minimum atomic E-state index is -0.532. The minimum Gasteiger partial charge on any atom is -0.344 e. The van der Waals surface area contributed by atoms with Crippen molar-refractivity contribution in [3.8, 4) is 0 Å². The molecule has 7 heteroatoms. The number of likely N-dealkylation sites (tertiary alicyclic amines) is 1. The fraction of sp³-hybridized carbons (Fsp3) is 0.722. The number of carbonyl (C=O) groups excluding carboxylic acids is 2. The number of aromatic amines is 1. The van der Waals surface area contributed by atoms with Crippen LogP contribution in [0.2, 0.25) is 0 Å². The zero-order valence-electron chi connectivity index (χ0n) is 15.7. The van der Waals surface area contributed by atoms with Crippen LogP contribution in [0.1, 0.15) is 40.5 Å². The van der Waals surface area contributed by atoms with Crippen LogP contribution in [0.15, 0.2) is 12.3 Å². The molecule has 1 aromatic rings. The topological polar surface area (TPSA) is 90.1 Å². The van der Waals surface area contributed by atoms with Crippen molar-refractivity contribution in [3.63, 3.8) is 0 Å². The van der Waals surface area contributed by atoms with Crippen molar-refractivity contribution in [3.05, 3.63) is 12.3 Å². The molecule has 2 rings (SSSR count). The molecule has 0 aliphatic carbocycles. The van der Waals surface area contributed by atoms with Gasteiger partial charge in [-0.2, -0.15) is 5.10 Å². The first-order valence-electron chi connectivity index (χ1n) is 9.18. The molecular formula is C18H31N5O2. The van der Waals surface area contributed by atoms with Gasteiger partial charge in [-0.05, 0) is 31.2 Å². The van der Waals surface area contributed by atoms with E-state index in [9.17, 15) is 9.59 Å². The molecule has 0 spiro atoms. The van der Waals surface area contributed by atoms with E-state index in [1.807, 2.05) is 13.8 Å². The Hall–Kier alpha value is -1.89. The molecule has 2 unspecified atom stereocenters. The zero-order chi connectivity index (χ0) is 18.4. The summed E-state index contributed by atoms with van der Waals surface area (Å²) in [5.41, 5.74) is 0. The highest BCUT2D eigenvalue weighted by Gasteiger charge is 2.31. The quantitative estimate of drug-likeness (QED) is 0.668. The van der Waals surface area contributed by atoms with E-state index in [2.05, 4.69) is 39.6 Å². The van der Waals surface area contributed by atoms with Crippen molar-refractivity contribution in [2.24, 2.45) is 17.8 Å². The number of anilines is 1. The molecule has 2 atom stereocenters. The van der Waals surface area contributed by atoms with Crippen molar-refractivity contribution in [1.29, 1.82) is 0 Å². The highest BCUT2D eigenvalue weighted by Crippen LogP contribution is 2.18. The van der Waals surface area contributed by atoms with Crippen LogP contribution in [0.25, 0.3) is 0 Å². The van der Waals surface area contributed by atoms with Crippen LogP contribution in [0.4, 0.5) is 5.82 Å². The number of hydrogen-bond donors (Lipinski definition) is 3. The summed E-state index contributed by atoms with van der Waals surface area (Å²) in [5, 5.41) is 12.3. The number of nitrogens with zero attached hydrogens (tertiary/aromatic N) is 2. The molecule has 1 aliphatic heterocycles. The minimum absolute atomic E-state index is 0.0170. The Morgan fingerprint density at radius 3 is 2.68 bits per heavy atom. The summed E-state index contributed by atoms with van der Waals surface area (Å²) in [4.78, 5) is 27.5. The molecule has 1 saturated heterocycles. The first kappa shape index (κ1) is 19.4. The van der Waals surface area contributed by atoms with E-state index in [-0.39, 0.29) is 17.7 Å². The molecule has 2 heterocycles. The molecular weight excluding hydrogens is 318 g/mol. The average Bonchev–Trinajstić information content (AvgIpc) is 3.17. The van der Waals surface area contributed by atoms with Gasteiger partial charge in [0.2, 0.25) is 11.8 Å². The summed E-state index contributed by atoms with van der Waals surface area (Å²) in [6.07, 6.45) is 3.04. The van der Waals surface area contributed by atoms with E-state index in [0.29, 0.717) is 24.1 Å². The molecule has 0 bridgehead atoms. The van der Waals surface area contributed by atoms with E-state index in [0.717, 1.165) is 26.1 Å². The predicted molar refractivity (Wildman–Crippen MR) is 98.0 cm³/mol. The van der Waals surface area contributed by atoms with Crippen LogP contribution < -0.4 is 10.6 Å². The van der Waals surface area contributed by atoms with Crippen molar-refractivity contribution >= 4 is 17.6 Å². The van der Waals surface area contributed by atoms with Crippen LogP contribution in [0.5, 0.6) is 0 Å². The third-order valence-electron chi connectivity index (χ3n) is 4.37. The Balaban J connectivity index is 1.92. The second kappa shape index (κ2) is 8.99. The van der Waals surface area contributed by atoms with Crippen LogP contribution in [0.3, 0.4) is 0 Å². The molecule has 1 fully saturated rings. The van der Waals surface area contributed by atoms with Gasteiger partial charge in [-0.1, -0.05) is 27.7 Å². The van der Waals surface area contributed by atoms with Gasteiger partial charge in [-0.15, -0.1) is 0 Å². The number of rotatable bonds is 8. The Bertz CT molecular complexity index is 556. The largest absolute Gasteiger partial charge is 0.344 e. The fourth-order valence-corrected chi connectivity index (χ4v) is 3.27. The predicted octanol–water partition coefficient (Wildman–Crippen LogP) is 1.86. The third kappa shape index (κ3) is 6.16. The van der Waals surface area contributed by atoms with Crippen LogP contribution in [-0.2, 0) is 9.59 Å². The monoisotopic (exact) mass is 349 g/mol. The molecule has 7 nitrogen and oxygen atoms in total. The first-order valence-corrected chi connectivity index (χ1v) is 9.18. The van der Waals surface area contributed by atoms with E-state index in [1.54, 1.807) is 12.3 Å². The van der Waals surface area contributed by atoms with Gasteiger partial charge in [-0.3, -0.25) is 14.7 Å². The van der Waals surface area contributed by atoms with Gasteiger partial charge in [0.05, 0.1) is 12.1 Å². The number of aromatic nitrogens is 2. The average molecular weight is 349 g/mol. The molecule has 1 aromatic heterocycles. The van der Waals surface area contributed by atoms with Crippen LogP contribution >= 0.6 is 0 Å². The number of nitrogens with one attached hydrogen (secondary N) is 3. The van der Waals surface area contributed by atoms with E-state index in [4.69, 9.17) is 0 Å². The Morgan fingerprint density at radius 2 is 2.08 bits per heavy atom. The summed E-state index contributed by atoms with van der Waals surface area (Å²) >= 11 is 0. The van der Waals surface area contributed by atoms with Crippen LogP contribution in [-0.4, -0.2) is 52.6 Å². The van der Waals surface area contributed by atoms with Gasteiger partial charge in [0.15, 0.2) is 0 Å². The van der Waals surface area contributed by atoms with Crippen molar-refractivity contribution in [1.82, 2.24) is 20.4 Å². The normalized spacial score (nSPS) is 19.4. The lowest BCUT2D eigenvalue weighted by molar-refractivity contribution is -0.129. The van der Waals surface area contributed by atoms with Gasteiger partial charge in [0, 0.05) is 19.2 Å². The van der Waals surface area contributed by atoms with Crippen molar-refractivity contribution in [2.45, 2.75) is 46.6 Å². The lowest BCUT2D eigenvalue weighted by Crippen LogP contribution is -2.47. The molecule has 0 radical (unpaired) electrons. The molecule has 2 amide bonds. The maximum absolute atomic E-state index is 12.6. The molecule has 140 valence electrons. The smallest absolute Gasteiger partial charge is 0.248 e. The number of amides is 2. The molecule has 0 saturated carbocycles. The summed E-state index contributed by atoms with van der Waals surface area (Å²) in [6, 6.07) is 1.15. The van der Waals surface area contributed by atoms with Crippen molar-refractivity contribution in [2.75, 3.05) is 25.0 Å². The lowest BCUT2D eigenvalue weighted by Gasteiger charge is -2.22. The van der Waals surface area contributed by atoms with Crippen molar-refractivity contribution < 1.29 is 9.59 Å². The summed E-state index contributed by atoms with van der Waals surface area (Å²) in [7, 11) is 0. The van der Waals surface area contributed by atoms with Crippen LogP contribution in [0, 0.1) is 17.8 Å². The third-order valence-corrected chi connectivity index (χ3v) is 4.37. The zero-order valence-corrected chi connectivity index (χ0v) is 15.7. The summed E-state index contributed by atoms with van der Waals surface area (Å²) in [6.45, 7) is 11.2.